The third kappa shape index (κ3) is 2.74. The molecule has 0 unspecified atom stereocenters. The Morgan fingerprint density at radius 2 is 2.35 bits per heavy atom. The maximum Gasteiger partial charge on any atom is 0.269 e. The van der Waals surface area contributed by atoms with E-state index in [1.807, 2.05) is 11.4 Å². The van der Waals surface area contributed by atoms with Crippen molar-refractivity contribution in [1.29, 1.82) is 0 Å². The second kappa shape index (κ2) is 5.32. The summed E-state index contributed by atoms with van der Waals surface area (Å²) >= 11 is 1.52. The van der Waals surface area contributed by atoms with Crippen LogP contribution in [0, 0.1) is 6.57 Å². The molecule has 0 aromatic carbocycles. The van der Waals surface area contributed by atoms with Gasteiger partial charge in [0.2, 0.25) is 0 Å². The lowest BCUT2D eigenvalue weighted by Crippen LogP contribution is -1.86. The van der Waals surface area contributed by atoms with E-state index in [0.29, 0.717) is 18.7 Å². The Hall–Kier alpha value is -2.06. The van der Waals surface area contributed by atoms with E-state index in [1.165, 1.54) is 11.3 Å². The van der Waals surface area contributed by atoms with Crippen molar-refractivity contribution in [2.45, 2.75) is 12.8 Å². The van der Waals surface area contributed by atoms with Gasteiger partial charge in [0.1, 0.15) is 17.5 Å². The van der Waals surface area contributed by atoms with Crippen molar-refractivity contribution in [3.05, 3.63) is 40.8 Å². The topological polar surface area (TPSA) is 47.2 Å². The molecule has 2 rings (SSSR count). The Bertz CT molecular complexity index is 554. The number of rotatable bonds is 4. The summed E-state index contributed by atoms with van der Waals surface area (Å²) in [4.78, 5) is 21.9. The molecule has 0 spiro atoms. The van der Waals surface area contributed by atoms with Gasteiger partial charge in [0.05, 0.1) is 11.3 Å². The largest absolute Gasteiger partial charge is 0.361 e. The van der Waals surface area contributed by atoms with Crippen molar-refractivity contribution < 1.29 is 4.79 Å². The number of thiazole rings is 1. The van der Waals surface area contributed by atoms with E-state index in [9.17, 15) is 4.79 Å². The molecule has 84 valence electrons. The lowest BCUT2D eigenvalue weighted by Gasteiger charge is -1.93. The van der Waals surface area contributed by atoms with Gasteiger partial charge in [-0.15, -0.1) is 16.3 Å². The smallest absolute Gasteiger partial charge is 0.269 e. The van der Waals surface area contributed by atoms with Crippen LogP contribution in [0.5, 0.6) is 0 Å². The molecule has 0 aliphatic carbocycles. The van der Waals surface area contributed by atoms with Gasteiger partial charge in [0.15, 0.2) is 0 Å². The Morgan fingerprint density at radius 1 is 1.47 bits per heavy atom. The zero-order valence-electron chi connectivity index (χ0n) is 8.96. The summed E-state index contributed by atoms with van der Waals surface area (Å²) in [7, 11) is 0. The Balaban J connectivity index is 2.18. The van der Waals surface area contributed by atoms with Crippen LogP contribution in [0.25, 0.3) is 15.4 Å². The van der Waals surface area contributed by atoms with E-state index in [4.69, 9.17) is 6.57 Å². The van der Waals surface area contributed by atoms with Gasteiger partial charge in [-0.3, -0.25) is 0 Å². The quantitative estimate of drug-likeness (QED) is 0.612. The van der Waals surface area contributed by atoms with Gasteiger partial charge in [-0.2, -0.15) is 0 Å². The monoisotopic (exact) mass is 243 g/mol. The van der Waals surface area contributed by atoms with Crippen molar-refractivity contribution in [3.63, 3.8) is 0 Å². The molecular weight excluding hydrogens is 234 g/mol. The highest BCUT2D eigenvalue weighted by atomic mass is 32.1. The molecule has 0 N–H and O–H groups in total. The molecule has 0 fully saturated rings. The SMILES string of the molecule is [C-]#[N+]c1ccc(-c2nc(CCC=O)cs2)cn1. The van der Waals surface area contributed by atoms with E-state index in [-0.39, 0.29) is 0 Å². The summed E-state index contributed by atoms with van der Waals surface area (Å²) in [6, 6.07) is 3.51. The number of hydrogen-bond acceptors (Lipinski definition) is 4. The standard InChI is InChI=1S/C12H9N3OS/c1-13-11-5-4-9(7-14-11)12-15-10(8-17-12)3-2-6-16/h4-8H,2-3H2. The zero-order chi connectivity index (χ0) is 12.1. The molecular formula is C12H9N3OS. The van der Waals surface area contributed by atoms with Crippen molar-refractivity contribution in [3.8, 4) is 10.6 Å². The first kappa shape index (κ1) is 11.4. The molecule has 0 amide bonds. The highest BCUT2D eigenvalue weighted by molar-refractivity contribution is 7.13. The average Bonchev–Trinajstić information content (AvgIpc) is 2.85. The molecule has 0 atom stereocenters. The Kier molecular flexibility index (Phi) is 3.58. The summed E-state index contributed by atoms with van der Waals surface area (Å²) in [6.07, 6.45) is 3.71. The zero-order valence-corrected chi connectivity index (χ0v) is 9.78. The summed E-state index contributed by atoms with van der Waals surface area (Å²) in [5.74, 6) is 0.381. The lowest BCUT2D eigenvalue weighted by molar-refractivity contribution is -0.107. The van der Waals surface area contributed by atoms with Crippen molar-refractivity contribution in [1.82, 2.24) is 9.97 Å². The van der Waals surface area contributed by atoms with Crippen molar-refractivity contribution >= 4 is 23.4 Å². The third-order valence-electron chi connectivity index (χ3n) is 2.18. The average molecular weight is 243 g/mol. The van der Waals surface area contributed by atoms with Gasteiger partial charge in [0, 0.05) is 11.8 Å². The molecule has 0 bridgehead atoms. The highest BCUT2D eigenvalue weighted by Crippen LogP contribution is 2.24. The molecule has 5 heteroatoms. The number of aryl methyl sites for hydroxylation is 1. The van der Waals surface area contributed by atoms with E-state index in [0.717, 1.165) is 22.6 Å². The molecule has 17 heavy (non-hydrogen) atoms. The number of aromatic nitrogens is 2. The van der Waals surface area contributed by atoms with Gasteiger partial charge < -0.3 is 9.64 Å². The molecule has 0 saturated heterocycles. The van der Waals surface area contributed by atoms with Crippen LogP contribution >= 0.6 is 11.3 Å². The molecule has 2 heterocycles. The summed E-state index contributed by atoms with van der Waals surface area (Å²) < 4.78 is 0. The fourth-order valence-electron chi connectivity index (χ4n) is 1.34. The van der Waals surface area contributed by atoms with Crippen LogP contribution in [0.15, 0.2) is 23.7 Å². The van der Waals surface area contributed by atoms with Gasteiger partial charge in [-0.25, -0.2) is 4.98 Å². The Labute approximate surface area is 103 Å². The minimum atomic E-state index is 0.381. The molecule has 2 aromatic rings. The van der Waals surface area contributed by atoms with Crippen LogP contribution in [0.4, 0.5) is 5.82 Å². The normalized spacial score (nSPS) is 9.82. The van der Waals surface area contributed by atoms with Crippen LogP contribution in [-0.4, -0.2) is 16.3 Å². The highest BCUT2D eigenvalue weighted by Gasteiger charge is 2.06. The maximum atomic E-state index is 10.3. The second-order valence-electron chi connectivity index (χ2n) is 3.37. The van der Waals surface area contributed by atoms with Crippen LogP contribution < -0.4 is 0 Å². The maximum absolute atomic E-state index is 10.3. The van der Waals surface area contributed by atoms with Gasteiger partial charge in [0.25, 0.3) is 5.82 Å². The Morgan fingerprint density at radius 3 is 3.00 bits per heavy atom. The summed E-state index contributed by atoms with van der Waals surface area (Å²) in [6.45, 7) is 6.82. The molecule has 0 aliphatic heterocycles. The molecule has 0 saturated carbocycles. The van der Waals surface area contributed by atoms with E-state index in [2.05, 4.69) is 14.8 Å². The van der Waals surface area contributed by atoms with E-state index >= 15 is 0 Å². The summed E-state index contributed by atoms with van der Waals surface area (Å²) in [5.41, 5.74) is 1.83. The van der Waals surface area contributed by atoms with E-state index in [1.54, 1.807) is 12.3 Å². The molecule has 4 nitrogen and oxygen atoms in total. The van der Waals surface area contributed by atoms with Crippen LogP contribution in [-0.2, 0) is 11.2 Å². The van der Waals surface area contributed by atoms with Crippen LogP contribution in [0.3, 0.4) is 0 Å². The number of carbonyl (C=O) groups is 1. The minimum Gasteiger partial charge on any atom is -0.361 e. The predicted octanol–water partition coefficient (Wildman–Crippen LogP) is 2.89. The number of carbonyl (C=O) groups excluding carboxylic acids is 1. The molecule has 0 radical (unpaired) electrons. The molecule has 2 aromatic heterocycles. The van der Waals surface area contributed by atoms with E-state index < -0.39 is 0 Å². The number of aldehydes is 1. The first-order valence-electron chi connectivity index (χ1n) is 5.05. The fraction of sp³-hybridized carbons (Fsp3) is 0.167. The van der Waals surface area contributed by atoms with Crippen LogP contribution in [0.1, 0.15) is 12.1 Å². The van der Waals surface area contributed by atoms with Gasteiger partial charge in [-0.1, -0.05) is 12.6 Å². The number of hydrogen-bond donors (Lipinski definition) is 0. The fourth-order valence-corrected chi connectivity index (χ4v) is 2.18. The predicted molar refractivity (Wildman–Crippen MR) is 66.0 cm³/mol. The van der Waals surface area contributed by atoms with Crippen molar-refractivity contribution in [2.24, 2.45) is 0 Å². The number of pyridine rings is 1. The van der Waals surface area contributed by atoms with Crippen LogP contribution in [0.2, 0.25) is 0 Å². The first-order valence-corrected chi connectivity index (χ1v) is 5.93. The minimum absolute atomic E-state index is 0.381. The third-order valence-corrected chi connectivity index (χ3v) is 3.12. The van der Waals surface area contributed by atoms with Crippen molar-refractivity contribution in [2.75, 3.05) is 0 Å². The second-order valence-corrected chi connectivity index (χ2v) is 4.22. The van der Waals surface area contributed by atoms with Gasteiger partial charge >= 0.3 is 0 Å². The number of nitrogens with zero attached hydrogens (tertiary/aromatic N) is 3. The first-order chi connectivity index (χ1) is 8.33. The van der Waals surface area contributed by atoms with Gasteiger partial charge in [-0.05, 0) is 12.5 Å². The summed E-state index contributed by atoms with van der Waals surface area (Å²) in [5, 5.41) is 2.82. The molecule has 0 aliphatic rings. The lowest BCUT2D eigenvalue weighted by atomic mass is 10.2.